The van der Waals surface area contributed by atoms with Crippen molar-refractivity contribution in [3.05, 3.63) is 29.9 Å². The van der Waals surface area contributed by atoms with Gasteiger partial charge in [-0.3, -0.25) is 4.79 Å². The number of carbonyl (C=O) groups excluding carboxylic acids is 1. The maximum absolute atomic E-state index is 10.4. The molecule has 0 atom stereocenters. The van der Waals surface area contributed by atoms with Gasteiger partial charge in [-0.2, -0.15) is 0 Å². The van der Waals surface area contributed by atoms with E-state index in [4.69, 9.17) is 4.42 Å². The number of aryl methyl sites for hydroxylation is 1. The molecule has 0 aliphatic carbocycles. The number of aromatic nitrogens is 3. The Kier molecular flexibility index (Phi) is 2.77. The summed E-state index contributed by atoms with van der Waals surface area (Å²) in [5.41, 5.74) is 1.25. The molecular formula is C9H7N3O2S. The first kappa shape index (κ1) is 9.85. The molecule has 0 bridgehead atoms. The van der Waals surface area contributed by atoms with Gasteiger partial charge in [0.25, 0.3) is 5.22 Å². The summed E-state index contributed by atoms with van der Waals surface area (Å²) in [6.07, 6.45) is 5.17. The Morgan fingerprint density at radius 1 is 1.40 bits per heavy atom. The molecule has 76 valence electrons. The van der Waals surface area contributed by atoms with E-state index in [1.807, 2.05) is 6.92 Å². The number of oxazole rings is 1. The third-order valence-corrected chi connectivity index (χ3v) is 2.32. The predicted molar refractivity (Wildman–Crippen MR) is 52.8 cm³/mol. The summed E-state index contributed by atoms with van der Waals surface area (Å²) in [5.74, 6) is 0. The van der Waals surface area contributed by atoms with Gasteiger partial charge in [-0.15, -0.1) is 0 Å². The molecule has 0 amide bonds. The van der Waals surface area contributed by atoms with Gasteiger partial charge >= 0.3 is 0 Å². The molecule has 0 saturated heterocycles. The van der Waals surface area contributed by atoms with Crippen molar-refractivity contribution in [2.75, 3.05) is 0 Å². The van der Waals surface area contributed by atoms with Crippen LogP contribution in [0.3, 0.4) is 0 Å². The van der Waals surface area contributed by atoms with Crippen molar-refractivity contribution in [3.63, 3.8) is 0 Å². The molecule has 0 radical (unpaired) electrons. The Morgan fingerprint density at radius 3 is 2.67 bits per heavy atom. The summed E-state index contributed by atoms with van der Waals surface area (Å²) in [6, 6.07) is 0. The third-order valence-electron chi connectivity index (χ3n) is 1.56. The maximum atomic E-state index is 10.4. The maximum Gasteiger partial charge on any atom is 0.263 e. The standard InChI is InChI=1S/C9H7N3O2S/c1-6-5-14-9(12-6)15-8-10-2-7(4-13)3-11-8/h2-5H,1H3. The number of hydrogen-bond donors (Lipinski definition) is 0. The topological polar surface area (TPSA) is 68.9 Å². The Bertz CT molecular complexity index is 466. The molecule has 0 aliphatic heterocycles. The van der Waals surface area contributed by atoms with Crippen LogP contribution in [0.5, 0.6) is 0 Å². The second kappa shape index (κ2) is 4.22. The summed E-state index contributed by atoms with van der Waals surface area (Å²) in [6.45, 7) is 1.84. The lowest BCUT2D eigenvalue weighted by Crippen LogP contribution is -1.89. The Morgan fingerprint density at radius 2 is 2.13 bits per heavy atom. The van der Waals surface area contributed by atoms with Gasteiger partial charge in [0.05, 0.1) is 11.3 Å². The highest BCUT2D eigenvalue weighted by molar-refractivity contribution is 7.98. The minimum Gasteiger partial charge on any atom is -0.439 e. The minimum absolute atomic E-state index is 0.447. The SMILES string of the molecule is Cc1coc(Sc2ncc(C=O)cn2)n1. The second-order valence-electron chi connectivity index (χ2n) is 2.77. The van der Waals surface area contributed by atoms with Crippen LogP contribution in [0.1, 0.15) is 16.1 Å². The van der Waals surface area contributed by atoms with Crippen LogP contribution in [0.15, 0.2) is 33.5 Å². The largest absolute Gasteiger partial charge is 0.439 e. The van der Waals surface area contributed by atoms with Gasteiger partial charge in [-0.25, -0.2) is 15.0 Å². The molecule has 15 heavy (non-hydrogen) atoms. The fourth-order valence-electron chi connectivity index (χ4n) is 0.897. The van der Waals surface area contributed by atoms with Crippen molar-refractivity contribution in [3.8, 4) is 0 Å². The molecule has 5 nitrogen and oxygen atoms in total. The molecule has 2 rings (SSSR count). The lowest BCUT2D eigenvalue weighted by molar-refractivity contribution is 0.112. The molecule has 2 heterocycles. The summed E-state index contributed by atoms with van der Waals surface area (Å²) in [7, 11) is 0. The summed E-state index contributed by atoms with van der Waals surface area (Å²) < 4.78 is 5.13. The van der Waals surface area contributed by atoms with Crippen LogP contribution in [0.4, 0.5) is 0 Å². The highest BCUT2D eigenvalue weighted by Gasteiger charge is 2.05. The van der Waals surface area contributed by atoms with E-state index in [2.05, 4.69) is 15.0 Å². The molecule has 2 aromatic rings. The van der Waals surface area contributed by atoms with Gasteiger partial charge < -0.3 is 4.42 Å². The van der Waals surface area contributed by atoms with Crippen LogP contribution in [0, 0.1) is 6.92 Å². The first-order chi connectivity index (χ1) is 7.28. The Labute approximate surface area is 90.0 Å². The first-order valence-electron chi connectivity index (χ1n) is 4.15. The van der Waals surface area contributed by atoms with Crippen LogP contribution >= 0.6 is 11.8 Å². The van der Waals surface area contributed by atoms with E-state index >= 15 is 0 Å². The fourth-order valence-corrected chi connectivity index (χ4v) is 1.55. The van der Waals surface area contributed by atoms with E-state index in [-0.39, 0.29) is 0 Å². The number of aldehydes is 1. The molecule has 0 N–H and O–H groups in total. The zero-order valence-electron chi connectivity index (χ0n) is 7.88. The average Bonchev–Trinajstić information content (AvgIpc) is 2.65. The van der Waals surface area contributed by atoms with Crippen LogP contribution in [-0.4, -0.2) is 21.2 Å². The lowest BCUT2D eigenvalue weighted by atomic mass is 10.4. The van der Waals surface area contributed by atoms with Crippen LogP contribution in [-0.2, 0) is 0 Å². The van der Waals surface area contributed by atoms with Crippen molar-refractivity contribution in [2.24, 2.45) is 0 Å². The molecule has 2 aromatic heterocycles. The predicted octanol–water partition coefficient (Wildman–Crippen LogP) is 1.74. The van der Waals surface area contributed by atoms with Crippen LogP contribution in [0.2, 0.25) is 0 Å². The minimum atomic E-state index is 0.447. The first-order valence-corrected chi connectivity index (χ1v) is 4.97. The molecule has 0 aromatic carbocycles. The normalized spacial score (nSPS) is 10.2. The van der Waals surface area contributed by atoms with Gasteiger partial charge in [-0.05, 0) is 6.92 Å². The number of rotatable bonds is 3. The summed E-state index contributed by atoms with van der Waals surface area (Å²) in [4.78, 5) is 22.4. The average molecular weight is 221 g/mol. The van der Waals surface area contributed by atoms with E-state index in [0.717, 1.165) is 5.69 Å². The molecule has 6 heteroatoms. The molecule has 0 fully saturated rings. The molecule has 0 unspecified atom stereocenters. The van der Waals surface area contributed by atoms with Crippen molar-refractivity contribution in [2.45, 2.75) is 17.3 Å². The van der Waals surface area contributed by atoms with E-state index in [1.54, 1.807) is 6.26 Å². The lowest BCUT2D eigenvalue weighted by Gasteiger charge is -1.94. The van der Waals surface area contributed by atoms with Gasteiger partial charge in [0.2, 0.25) is 0 Å². The number of carbonyl (C=O) groups is 1. The highest BCUT2D eigenvalue weighted by Crippen LogP contribution is 2.22. The van der Waals surface area contributed by atoms with Crippen molar-refractivity contribution in [1.82, 2.24) is 15.0 Å². The Hall–Kier alpha value is -1.69. The van der Waals surface area contributed by atoms with E-state index in [9.17, 15) is 4.79 Å². The monoisotopic (exact) mass is 221 g/mol. The zero-order chi connectivity index (χ0) is 10.7. The van der Waals surface area contributed by atoms with Crippen molar-refractivity contribution >= 4 is 18.0 Å². The van der Waals surface area contributed by atoms with Gasteiger partial charge in [0.15, 0.2) is 11.4 Å². The quantitative estimate of drug-likeness (QED) is 0.580. The fraction of sp³-hybridized carbons (Fsp3) is 0.111. The summed E-state index contributed by atoms with van der Waals surface area (Å²) >= 11 is 1.21. The number of nitrogens with zero attached hydrogens (tertiary/aromatic N) is 3. The molecular weight excluding hydrogens is 214 g/mol. The van der Waals surface area contributed by atoms with E-state index in [1.165, 1.54) is 24.2 Å². The van der Waals surface area contributed by atoms with Gasteiger partial charge in [0, 0.05) is 24.2 Å². The van der Waals surface area contributed by atoms with Crippen molar-refractivity contribution < 1.29 is 9.21 Å². The third kappa shape index (κ3) is 2.41. The zero-order valence-corrected chi connectivity index (χ0v) is 8.69. The van der Waals surface area contributed by atoms with Crippen LogP contribution in [0.25, 0.3) is 0 Å². The van der Waals surface area contributed by atoms with Crippen molar-refractivity contribution in [1.29, 1.82) is 0 Å². The van der Waals surface area contributed by atoms with Crippen LogP contribution < -0.4 is 0 Å². The smallest absolute Gasteiger partial charge is 0.263 e. The van der Waals surface area contributed by atoms with E-state index < -0.39 is 0 Å². The second-order valence-corrected chi connectivity index (χ2v) is 3.69. The highest BCUT2D eigenvalue weighted by atomic mass is 32.2. The van der Waals surface area contributed by atoms with E-state index in [0.29, 0.717) is 22.2 Å². The van der Waals surface area contributed by atoms with Gasteiger partial charge in [-0.1, -0.05) is 0 Å². The molecule has 0 spiro atoms. The summed E-state index contributed by atoms with van der Waals surface area (Å²) in [5, 5.41) is 0.994. The molecule has 0 aliphatic rings. The van der Waals surface area contributed by atoms with Gasteiger partial charge in [0.1, 0.15) is 6.26 Å². The number of hydrogen-bond acceptors (Lipinski definition) is 6. The molecule has 0 saturated carbocycles. The Balaban J connectivity index is 2.14.